The van der Waals surface area contributed by atoms with Crippen molar-refractivity contribution in [2.75, 3.05) is 23.9 Å². The monoisotopic (exact) mass is 314 g/mol. The first kappa shape index (κ1) is 15.1. The number of hydrogen-bond acceptors (Lipinski definition) is 5. The standard InChI is InChI=1S/C17H18N2O4/c1-11-9-19(10-15-12(7-8-23-15)17(21)22-2)14-6-4-3-5-13(14)18-16(11)20/h3-8,11H,9-10H2,1-2H3,(H,18,20)/t11-/m0/s1. The fourth-order valence-corrected chi connectivity index (χ4v) is 2.70. The van der Waals surface area contributed by atoms with Gasteiger partial charge < -0.3 is 19.4 Å². The fraction of sp³-hybridized carbons (Fsp3) is 0.294. The van der Waals surface area contributed by atoms with Gasteiger partial charge in [0.25, 0.3) is 0 Å². The SMILES string of the molecule is COC(=O)c1ccoc1CN1C[C@H](C)C(=O)Nc2ccccc21. The molecule has 1 N–H and O–H groups in total. The van der Waals surface area contributed by atoms with Gasteiger partial charge in [-0.05, 0) is 18.2 Å². The van der Waals surface area contributed by atoms with E-state index in [1.54, 1.807) is 6.07 Å². The van der Waals surface area contributed by atoms with E-state index in [4.69, 9.17) is 9.15 Å². The number of para-hydroxylation sites is 2. The molecule has 0 fully saturated rings. The smallest absolute Gasteiger partial charge is 0.341 e. The van der Waals surface area contributed by atoms with Crippen molar-refractivity contribution in [3.63, 3.8) is 0 Å². The van der Waals surface area contributed by atoms with E-state index in [1.165, 1.54) is 13.4 Å². The maximum Gasteiger partial charge on any atom is 0.341 e. The van der Waals surface area contributed by atoms with Crippen LogP contribution in [0.2, 0.25) is 0 Å². The molecule has 2 heterocycles. The van der Waals surface area contributed by atoms with Crippen LogP contribution in [0.15, 0.2) is 41.0 Å². The zero-order valence-electron chi connectivity index (χ0n) is 13.0. The molecule has 0 aliphatic carbocycles. The van der Waals surface area contributed by atoms with E-state index in [2.05, 4.69) is 5.32 Å². The van der Waals surface area contributed by atoms with Crippen molar-refractivity contribution in [2.45, 2.75) is 13.5 Å². The number of rotatable bonds is 3. The molecule has 6 nitrogen and oxygen atoms in total. The molecule has 6 heteroatoms. The van der Waals surface area contributed by atoms with Crippen LogP contribution in [0.25, 0.3) is 0 Å². The van der Waals surface area contributed by atoms with Crippen molar-refractivity contribution in [3.05, 3.63) is 47.9 Å². The minimum atomic E-state index is -0.431. The van der Waals surface area contributed by atoms with Crippen molar-refractivity contribution >= 4 is 23.3 Å². The van der Waals surface area contributed by atoms with Crippen molar-refractivity contribution in [1.82, 2.24) is 0 Å². The summed E-state index contributed by atoms with van der Waals surface area (Å²) in [5.41, 5.74) is 2.06. The molecular weight excluding hydrogens is 296 g/mol. The number of fused-ring (bicyclic) bond motifs is 1. The Morgan fingerprint density at radius 1 is 1.39 bits per heavy atom. The first-order valence-corrected chi connectivity index (χ1v) is 7.39. The van der Waals surface area contributed by atoms with E-state index in [-0.39, 0.29) is 11.8 Å². The second-order valence-corrected chi connectivity index (χ2v) is 5.54. The average Bonchev–Trinajstić information content (AvgIpc) is 2.97. The first-order valence-electron chi connectivity index (χ1n) is 7.39. The van der Waals surface area contributed by atoms with E-state index in [1.807, 2.05) is 36.1 Å². The summed E-state index contributed by atoms with van der Waals surface area (Å²) in [4.78, 5) is 25.9. The Morgan fingerprint density at radius 3 is 2.96 bits per heavy atom. The van der Waals surface area contributed by atoms with Gasteiger partial charge in [0.2, 0.25) is 5.91 Å². The van der Waals surface area contributed by atoms with Gasteiger partial charge in [-0.2, -0.15) is 0 Å². The van der Waals surface area contributed by atoms with Gasteiger partial charge in [0.15, 0.2) is 0 Å². The van der Waals surface area contributed by atoms with Crippen LogP contribution < -0.4 is 10.2 Å². The molecule has 3 rings (SSSR count). The number of benzene rings is 1. The normalized spacial score (nSPS) is 17.2. The quantitative estimate of drug-likeness (QED) is 0.882. The molecule has 1 atom stereocenters. The topological polar surface area (TPSA) is 71.8 Å². The number of esters is 1. The van der Waals surface area contributed by atoms with E-state index >= 15 is 0 Å². The summed E-state index contributed by atoms with van der Waals surface area (Å²) >= 11 is 0. The van der Waals surface area contributed by atoms with E-state index in [9.17, 15) is 9.59 Å². The van der Waals surface area contributed by atoms with Gasteiger partial charge in [-0.15, -0.1) is 0 Å². The molecule has 1 aromatic carbocycles. The number of nitrogens with zero attached hydrogens (tertiary/aromatic N) is 1. The minimum absolute atomic E-state index is 0.0208. The van der Waals surface area contributed by atoms with Crippen LogP contribution in [-0.2, 0) is 16.1 Å². The summed E-state index contributed by atoms with van der Waals surface area (Å²) in [6.45, 7) is 2.79. The molecule has 120 valence electrons. The number of carbonyl (C=O) groups is 2. The number of hydrogen-bond donors (Lipinski definition) is 1. The molecule has 0 saturated heterocycles. The number of nitrogens with one attached hydrogen (secondary N) is 1. The molecule has 1 amide bonds. The summed E-state index contributed by atoms with van der Waals surface area (Å²) in [6.07, 6.45) is 1.47. The Kier molecular flexibility index (Phi) is 4.06. The van der Waals surface area contributed by atoms with Crippen LogP contribution in [-0.4, -0.2) is 25.5 Å². The summed E-state index contributed by atoms with van der Waals surface area (Å²) in [6, 6.07) is 9.19. The van der Waals surface area contributed by atoms with Crippen LogP contribution in [0.5, 0.6) is 0 Å². The molecule has 0 bridgehead atoms. The lowest BCUT2D eigenvalue weighted by Gasteiger charge is -2.24. The Morgan fingerprint density at radius 2 is 2.17 bits per heavy atom. The van der Waals surface area contributed by atoms with Crippen LogP contribution in [0, 0.1) is 5.92 Å². The molecule has 1 aliphatic rings. The molecule has 23 heavy (non-hydrogen) atoms. The lowest BCUT2D eigenvalue weighted by Crippen LogP contribution is -2.30. The zero-order chi connectivity index (χ0) is 16.4. The Hall–Kier alpha value is -2.76. The molecule has 1 aliphatic heterocycles. The third-order valence-electron chi connectivity index (χ3n) is 3.93. The number of anilines is 2. The highest BCUT2D eigenvalue weighted by atomic mass is 16.5. The molecule has 0 spiro atoms. The lowest BCUT2D eigenvalue weighted by molar-refractivity contribution is -0.119. The van der Waals surface area contributed by atoms with Gasteiger partial charge in [0.1, 0.15) is 11.3 Å². The summed E-state index contributed by atoms with van der Waals surface area (Å²) < 4.78 is 10.2. The van der Waals surface area contributed by atoms with Gasteiger partial charge in [-0.25, -0.2) is 4.79 Å². The fourth-order valence-electron chi connectivity index (χ4n) is 2.70. The highest BCUT2D eigenvalue weighted by Gasteiger charge is 2.26. The molecule has 0 radical (unpaired) electrons. The predicted molar refractivity (Wildman–Crippen MR) is 85.3 cm³/mol. The third-order valence-corrected chi connectivity index (χ3v) is 3.93. The lowest BCUT2D eigenvalue weighted by atomic mass is 10.1. The number of methoxy groups -OCH3 is 1. The Labute approximate surface area is 134 Å². The highest BCUT2D eigenvalue weighted by molar-refractivity contribution is 5.97. The van der Waals surface area contributed by atoms with Gasteiger partial charge in [-0.1, -0.05) is 19.1 Å². The number of carbonyl (C=O) groups excluding carboxylic acids is 2. The van der Waals surface area contributed by atoms with Crippen molar-refractivity contribution < 1.29 is 18.7 Å². The predicted octanol–water partition coefficient (Wildman–Crippen LogP) is 2.66. The Bertz CT molecular complexity index is 738. The van der Waals surface area contributed by atoms with Crippen LogP contribution in [0.1, 0.15) is 23.0 Å². The highest BCUT2D eigenvalue weighted by Crippen LogP contribution is 2.31. The molecular formula is C17H18N2O4. The third kappa shape index (κ3) is 2.92. The first-order chi connectivity index (χ1) is 11.1. The zero-order valence-corrected chi connectivity index (χ0v) is 13.0. The molecule has 1 aromatic heterocycles. The van der Waals surface area contributed by atoms with E-state index in [0.29, 0.717) is 24.4 Å². The average molecular weight is 314 g/mol. The molecule has 0 saturated carbocycles. The second kappa shape index (κ2) is 6.16. The van der Waals surface area contributed by atoms with Crippen molar-refractivity contribution in [2.24, 2.45) is 5.92 Å². The molecule has 0 unspecified atom stereocenters. The van der Waals surface area contributed by atoms with Crippen LogP contribution >= 0.6 is 0 Å². The largest absolute Gasteiger partial charge is 0.467 e. The summed E-state index contributed by atoms with van der Waals surface area (Å²) in [5.74, 6) is -0.112. The number of furan rings is 1. The van der Waals surface area contributed by atoms with Crippen LogP contribution in [0.3, 0.4) is 0 Å². The number of ether oxygens (including phenoxy) is 1. The maximum atomic E-state index is 12.1. The molecule has 2 aromatic rings. The van der Waals surface area contributed by atoms with Gasteiger partial charge in [-0.3, -0.25) is 4.79 Å². The summed E-state index contributed by atoms with van der Waals surface area (Å²) in [5, 5.41) is 2.93. The van der Waals surface area contributed by atoms with Crippen LogP contribution in [0.4, 0.5) is 11.4 Å². The van der Waals surface area contributed by atoms with Gasteiger partial charge in [0, 0.05) is 6.54 Å². The second-order valence-electron chi connectivity index (χ2n) is 5.54. The maximum absolute atomic E-state index is 12.1. The van der Waals surface area contributed by atoms with E-state index < -0.39 is 5.97 Å². The number of amides is 1. The Balaban J connectivity index is 1.94. The van der Waals surface area contributed by atoms with Crippen molar-refractivity contribution in [1.29, 1.82) is 0 Å². The summed E-state index contributed by atoms with van der Waals surface area (Å²) in [7, 11) is 1.34. The van der Waals surface area contributed by atoms with Crippen molar-refractivity contribution in [3.8, 4) is 0 Å². The van der Waals surface area contributed by atoms with E-state index in [0.717, 1.165) is 11.4 Å². The van der Waals surface area contributed by atoms with Gasteiger partial charge in [0.05, 0.1) is 37.2 Å². The minimum Gasteiger partial charge on any atom is -0.467 e. The van der Waals surface area contributed by atoms with Gasteiger partial charge >= 0.3 is 5.97 Å².